The van der Waals surface area contributed by atoms with Crippen molar-refractivity contribution in [3.05, 3.63) is 0 Å². The SMILES string of the molecule is CC(C)(C)C(=O)OC[C@H]1CCC(F)(F)CN1. The Bertz CT molecular complexity index is 251. The van der Waals surface area contributed by atoms with Crippen molar-refractivity contribution in [2.75, 3.05) is 13.2 Å². The molecule has 0 spiro atoms. The van der Waals surface area contributed by atoms with E-state index >= 15 is 0 Å². The molecule has 0 aromatic heterocycles. The third-order valence-electron chi connectivity index (χ3n) is 2.54. The van der Waals surface area contributed by atoms with E-state index in [1.807, 2.05) is 0 Å². The van der Waals surface area contributed by atoms with Gasteiger partial charge >= 0.3 is 5.97 Å². The molecule has 3 nitrogen and oxygen atoms in total. The van der Waals surface area contributed by atoms with E-state index in [9.17, 15) is 13.6 Å². The molecule has 1 aliphatic rings. The fourth-order valence-corrected chi connectivity index (χ4v) is 1.40. The first kappa shape index (κ1) is 13.4. The summed E-state index contributed by atoms with van der Waals surface area (Å²) in [5.74, 6) is -2.92. The van der Waals surface area contributed by atoms with Crippen molar-refractivity contribution in [1.82, 2.24) is 5.32 Å². The quantitative estimate of drug-likeness (QED) is 0.744. The second-order valence-electron chi connectivity index (χ2n) is 5.32. The predicted octanol–water partition coefficient (Wildman–Crippen LogP) is 1.96. The highest BCUT2D eigenvalue weighted by atomic mass is 19.3. The van der Waals surface area contributed by atoms with Crippen molar-refractivity contribution < 1.29 is 18.3 Å². The summed E-state index contributed by atoms with van der Waals surface area (Å²) in [6, 6.07) is -0.147. The maximum Gasteiger partial charge on any atom is 0.311 e. The lowest BCUT2D eigenvalue weighted by Crippen LogP contribution is -2.47. The van der Waals surface area contributed by atoms with Gasteiger partial charge in [-0.05, 0) is 27.2 Å². The van der Waals surface area contributed by atoms with Gasteiger partial charge in [0.25, 0.3) is 5.92 Å². The van der Waals surface area contributed by atoms with Gasteiger partial charge in [0.1, 0.15) is 6.61 Å². The number of hydrogen-bond acceptors (Lipinski definition) is 3. The van der Waals surface area contributed by atoms with Gasteiger partial charge in [-0.3, -0.25) is 4.79 Å². The highest BCUT2D eigenvalue weighted by Crippen LogP contribution is 2.25. The van der Waals surface area contributed by atoms with Gasteiger partial charge in [0.05, 0.1) is 12.0 Å². The zero-order valence-electron chi connectivity index (χ0n) is 9.98. The highest BCUT2D eigenvalue weighted by molar-refractivity contribution is 5.75. The molecule has 0 amide bonds. The Morgan fingerprint density at radius 3 is 2.56 bits per heavy atom. The minimum Gasteiger partial charge on any atom is -0.464 e. The first-order valence-electron chi connectivity index (χ1n) is 5.49. The number of piperidine rings is 1. The fourth-order valence-electron chi connectivity index (χ4n) is 1.40. The molecule has 0 aliphatic carbocycles. The Morgan fingerprint density at radius 1 is 1.50 bits per heavy atom. The smallest absolute Gasteiger partial charge is 0.311 e. The monoisotopic (exact) mass is 235 g/mol. The summed E-state index contributed by atoms with van der Waals surface area (Å²) in [4.78, 5) is 11.4. The van der Waals surface area contributed by atoms with Gasteiger partial charge in [-0.1, -0.05) is 0 Å². The van der Waals surface area contributed by atoms with E-state index in [-0.39, 0.29) is 31.6 Å². The van der Waals surface area contributed by atoms with Crippen LogP contribution in [0.5, 0.6) is 0 Å². The van der Waals surface area contributed by atoms with E-state index in [0.717, 1.165) is 0 Å². The van der Waals surface area contributed by atoms with Crippen molar-refractivity contribution in [3.63, 3.8) is 0 Å². The molecule has 0 unspecified atom stereocenters. The van der Waals surface area contributed by atoms with Crippen molar-refractivity contribution in [3.8, 4) is 0 Å². The summed E-state index contributed by atoms with van der Waals surface area (Å²) < 4.78 is 30.7. The molecule has 0 radical (unpaired) electrons. The van der Waals surface area contributed by atoms with Crippen LogP contribution < -0.4 is 5.32 Å². The molecular formula is C11H19F2NO2. The Balaban J connectivity index is 2.28. The molecule has 5 heteroatoms. The summed E-state index contributed by atoms with van der Waals surface area (Å²) in [5.41, 5.74) is -0.543. The molecule has 1 fully saturated rings. The molecule has 1 saturated heterocycles. The van der Waals surface area contributed by atoms with Crippen LogP contribution in [0.25, 0.3) is 0 Å². The molecule has 0 saturated carbocycles. The molecule has 0 aromatic rings. The minimum atomic E-state index is -2.62. The summed E-state index contributed by atoms with van der Waals surface area (Å²) in [7, 11) is 0. The second kappa shape index (κ2) is 4.65. The van der Waals surface area contributed by atoms with Gasteiger partial charge in [0, 0.05) is 12.5 Å². The van der Waals surface area contributed by atoms with Crippen LogP contribution in [0.4, 0.5) is 8.78 Å². The van der Waals surface area contributed by atoms with Gasteiger partial charge in [0.2, 0.25) is 0 Å². The average molecular weight is 235 g/mol. The first-order chi connectivity index (χ1) is 7.21. The zero-order chi connectivity index (χ0) is 12.4. The molecule has 1 atom stereocenters. The molecule has 0 aromatic carbocycles. The largest absolute Gasteiger partial charge is 0.464 e. The zero-order valence-corrected chi connectivity index (χ0v) is 9.98. The Morgan fingerprint density at radius 2 is 2.12 bits per heavy atom. The highest BCUT2D eigenvalue weighted by Gasteiger charge is 2.35. The van der Waals surface area contributed by atoms with E-state index in [1.165, 1.54) is 0 Å². The van der Waals surface area contributed by atoms with Gasteiger partial charge in [-0.25, -0.2) is 8.78 Å². The van der Waals surface area contributed by atoms with E-state index in [0.29, 0.717) is 6.42 Å². The predicted molar refractivity (Wildman–Crippen MR) is 56.4 cm³/mol. The van der Waals surface area contributed by atoms with Crippen LogP contribution >= 0.6 is 0 Å². The number of carbonyl (C=O) groups excluding carboxylic acids is 1. The Kier molecular flexibility index (Phi) is 3.88. The van der Waals surface area contributed by atoms with E-state index in [1.54, 1.807) is 20.8 Å². The van der Waals surface area contributed by atoms with E-state index in [4.69, 9.17) is 4.74 Å². The number of hydrogen-bond donors (Lipinski definition) is 1. The third kappa shape index (κ3) is 4.04. The maximum atomic E-state index is 12.8. The van der Waals surface area contributed by atoms with Gasteiger partial charge in [-0.2, -0.15) is 0 Å². The van der Waals surface area contributed by atoms with Crippen LogP contribution in [0, 0.1) is 5.41 Å². The summed E-state index contributed by atoms with van der Waals surface area (Å²) in [5, 5.41) is 2.69. The van der Waals surface area contributed by atoms with Crippen molar-refractivity contribution in [1.29, 1.82) is 0 Å². The maximum absolute atomic E-state index is 12.8. The average Bonchev–Trinajstić information content (AvgIpc) is 2.14. The van der Waals surface area contributed by atoms with Crippen molar-refractivity contribution in [2.24, 2.45) is 5.41 Å². The number of esters is 1. The Labute approximate surface area is 94.5 Å². The van der Waals surface area contributed by atoms with Gasteiger partial charge in [0.15, 0.2) is 0 Å². The molecular weight excluding hydrogens is 216 g/mol. The summed E-state index contributed by atoms with van der Waals surface area (Å²) >= 11 is 0. The van der Waals surface area contributed by atoms with Crippen LogP contribution in [0.2, 0.25) is 0 Å². The van der Waals surface area contributed by atoms with Crippen molar-refractivity contribution >= 4 is 5.97 Å². The second-order valence-corrected chi connectivity index (χ2v) is 5.32. The molecule has 0 bridgehead atoms. The van der Waals surface area contributed by atoms with Crippen LogP contribution in [-0.2, 0) is 9.53 Å². The molecule has 1 heterocycles. The Hall–Kier alpha value is -0.710. The van der Waals surface area contributed by atoms with Crippen LogP contribution in [-0.4, -0.2) is 31.1 Å². The number of halogens is 2. The molecule has 94 valence electrons. The topological polar surface area (TPSA) is 38.3 Å². The van der Waals surface area contributed by atoms with Crippen LogP contribution in [0.1, 0.15) is 33.6 Å². The fraction of sp³-hybridized carbons (Fsp3) is 0.909. The van der Waals surface area contributed by atoms with Crippen molar-refractivity contribution in [2.45, 2.75) is 45.6 Å². The van der Waals surface area contributed by atoms with Gasteiger partial charge < -0.3 is 10.1 Å². The number of rotatable bonds is 2. The number of alkyl halides is 2. The lowest BCUT2D eigenvalue weighted by Gasteiger charge is -2.30. The van der Waals surface area contributed by atoms with Crippen LogP contribution in [0.15, 0.2) is 0 Å². The first-order valence-corrected chi connectivity index (χ1v) is 5.49. The van der Waals surface area contributed by atoms with E-state index in [2.05, 4.69) is 5.32 Å². The van der Waals surface area contributed by atoms with Gasteiger partial charge in [-0.15, -0.1) is 0 Å². The minimum absolute atomic E-state index is 0.141. The lowest BCUT2D eigenvalue weighted by atomic mass is 9.97. The number of carbonyl (C=O) groups is 1. The normalized spacial score (nSPS) is 25.2. The molecule has 1 aliphatic heterocycles. The summed E-state index contributed by atoms with van der Waals surface area (Å²) in [6.07, 6.45) is 0.197. The molecule has 1 rings (SSSR count). The number of nitrogens with one attached hydrogen (secondary N) is 1. The summed E-state index contributed by atoms with van der Waals surface area (Å²) in [6.45, 7) is 5.13. The number of ether oxygens (including phenoxy) is 1. The van der Waals surface area contributed by atoms with Crippen LogP contribution in [0.3, 0.4) is 0 Å². The standard InChI is InChI=1S/C11H19F2NO2/c1-10(2,3)9(15)16-6-8-4-5-11(12,13)7-14-8/h8,14H,4-7H2,1-3H3/t8-/m1/s1. The molecule has 1 N–H and O–H groups in total. The third-order valence-corrected chi connectivity index (χ3v) is 2.54. The lowest BCUT2D eigenvalue weighted by molar-refractivity contribution is -0.154. The van der Waals surface area contributed by atoms with E-state index < -0.39 is 11.3 Å². The molecule has 16 heavy (non-hydrogen) atoms.